The largest absolute Gasteiger partial charge is 0.478 e. The number of ether oxygens (including phenoxy) is 1. The summed E-state index contributed by atoms with van der Waals surface area (Å²) < 4.78 is 5.12. The van der Waals surface area contributed by atoms with Crippen molar-refractivity contribution in [2.45, 2.75) is 46.1 Å². The highest BCUT2D eigenvalue weighted by molar-refractivity contribution is 5.88. The van der Waals surface area contributed by atoms with E-state index in [0.29, 0.717) is 24.6 Å². The number of anilines is 1. The fourth-order valence-corrected chi connectivity index (χ4v) is 1.73. The molecule has 7 heteroatoms. The number of aromatic nitrogens is 1. The number of hydrogen-bond donors (Lipinski definition) is 3. The summed E-state index contributed by atoms with van der Waals surface area (Å²) in [5.41, 5.74) is 0.347. The molecule has 0 saturated carbocycles. The molecule has 1 aromatic heterocycles. The van der Waals surface area contributed by atoms with Crippen molar-refractivity contribution in [1.82, 2.24) is 10.3 Å². The number of nitrogens with one attached hydrogen (secondary N) is 2. The number of hydrogen-bond acceptors (Lipinski definition) is 5. The molecule has 0 fully saturated rings. The van der Waals surface area contributed by atoms with E-state index in [9.17, 15) is 9.59 Å². The predicted molar refractivity (Wildman–Crippen MR) is 88.0 cm³/mol. The second kappa shape index (κ2) is 7.80. The highest BCUT2D eigenvalue weighted by atomic mass is 16.6. The van der Waals surface area contributed by atoms with Gasteiger partial charge in [0.25, 0.3) is 0 Å². The van der Waals surface area contributed by atoms with E-state index in [-0.39, 0.29) is 11.5 Å². The van der Waals surface area contributed by atoms with Crippen LogP contribution in [0.3, 0.4) is 0 Å². The van der Waals surface area contributed by atoms with E-state index in [4.69, 9.17) is 9.84 Å². The van der Waals surface area contributed by atoms with E-state index in [1.54, 1.807) is 26.8 Å². The maximum absolute atomic E-state index is 11.5. The molecule has 0 aliphatic carbocycles. The van der Waals surface area contributed by atoms with Crippen molar-refractivity contribution in [3.8, 4) is 0 Å². The summed E-state index contributed by atoms with van der Waals surface area (Å²) >= 11 is 0. The Labute approximate surface area is 136 Å². The fraction of sp³-hybridized carbons (Fsp3) is 0.562. The molecule has 1 aromatic rings. The Hall–Kier alpha value is -2.31. The van der Waals surface area contributed by atoms with E-state index in [1.165, 1.54) is 6.07 Å². The number of alkyl carbamates (subject to hydrolysis) is 1. The summed E-state index contributed by atoms with van der Waals surface area (Å²) in [6.45, 7) is 10.0. The molecule has 0 aliphatic heterocycles. The van der Waals surface area contributed by atoms with Crippen LogP contribution >= 0.6 is 0 Å². The van der Waals surface area contributed by atoms with Crippen LogP contribution < -0.4 is 10.6 Å². The number of aromatic carboxylic acids is 1. The van der Waals surface area contributed by atoms with E-state index in [2.05, 4.69) is 15.6 Å². The molecule has 0 atom stereocenters. The molecule has 1 amide bonds. The molecule has 0 spiro atoms. The smallest absolute Gasteiger partial charge is 0.407 e. The first-order chi connectivity index (χ1) is 10.6. The van der Waals surface area contributed by atoms with Crippen molar-refractivity contribution in [3.63, 3.8) is 0 Å². The van der Waals surface area contributed by atoms with Gasteiger partial charge in [-0.3, -0.25) is 0 Å². The normalized spacial score (nSPS) is 11.2. The number of carbonyl (C=O) groups excluding carboxylic acids is 1. The van der Waals surface area contributed by atoms with Gasteiger partial charge in [0.2, 0.25) is 0 Å². The fourth-order valence-electron chi connectivity index (χ4n) is 1.73. The van der Waals surface area contributed by atoms with Gasteiger partial charge in [0.1, 0.15) is 11.4 Å². The standard InChI is InChI=1S/C16H25N3O4/c1-10(2)12-8-11(14(20)21)9-13(19-12)17-6-7-18-15(22)23-16(3,4)5/h8-10H,6-7H2,1-5H3,(H,17,19)(H,18,22)(H,20,21). The van der Waals surface area contributed by atoms with Gasteiger partial charge in [-0.1, -0.05) is 13.8 Å². The Kier molecular flexibility index (Phi) is 6.36. The Morgan fingerprint density at radius 2 is 1.91 bits per heavy atom. The first kappa shape index (κ1) is 18.7. The minimum Gasteiger partial charge on any atom is -0.478 e. The third-order valence-corrected chi connectivity index (χ3v) is 2.78. The Balaban J connectivity index is 2.57. The molecule has 0 saturated heterocycles. The lowest BCUT2D eigenvalue weighted by molar-refractivity contribution is 0.0529. The summed E-state index contributed by atoms with van der Waals surface area (Å²) in [4.78, 5) is 27.0. The second-order valence-corrected chi connectivity index (χ2v) is 6.48. The zero-order valence-electron chi connectivity index (χ0n) is 14.3. The Morgan fingerprint density at radius 3 is 2.43 bits per heavy atom. The van der Waals surface area contributed by atoms with Crippen LogP contribution in [0.2, 0.25) is 0 Å². The molecule has 0 unspecified atom stereocenters. The van der Waals surface area contributed by atoms with Gasteiger partial charge < -0.3 is 20.5 Å². The van der Waals surface area contributed by atoms with Crippen LogP contribution in [0.5, 0.6) is 0 Å². The quantitative estimate of drug-likeness (QED) is 0.696. The maximum Gasteiger partial charge on any atom is 0.407 e. The molecular formula is C16H25N3O4. The number of pyridine rings is 1. The van der Waals surface area contributed by atoms with Gasteiger partial charge in [-0.2, -0.15) is 0 Å². The number of carboxylic acids is 1. The summed E-state index contributed by atoms with van der Waals surface area (Å²) in [5, 5.41) is 14.8. The molecule has 1 heterocycles. The lowest BCUT2D eigenvalue weighted by Crippen LogP contribution is -2.35. The van der Waals surface area contributed by atoms with Crippen LogP contribution in [0, 0.1) is 0 Å². The second-order valence-electron chi connectivity index (χ2n) is 6.48. The third-order valence-electron chi connectivity index (χ3n) is 2.78. The zero-order valence-corrected chi connectivity index (χ0v) is 14.3. The Morgan fingerprint density at radius 1 is 1.26 bits per heavy atom. The van der Waals surface area contributed by atoms with Gasteiger partial charge in [-0.05, 0) is 38.8 Å². The number of amides is 1. The van der Waals surface area contributed by atoms with Gasteiger partial charge in [0.05, 0.1) is 5.56 Å². The predicted octanol–water partition coefficient (Wildman–Crippen LogP) is 2.84. The van der Waals surface area contributed by atoms with Crippen LogP contribution in [0.15, 0.2) is 12.1 Å². The summed E-state index contributed by atoms with van der Waals surface area (Å²) in [5.74, 6) is -0.404. The molecule has 0 aliphatic rings. The van der Waals surface area contributed by atoms with Crippen LogP contribution in [0.1, 0.15) is 56.6 Å². The van der Waals surface area contributed by atoms with E-state index in [1.807, 2.05) is 13.8 Å². The molecule has 128 valence electrons. The molecule has 0 aromatic carbocycles. The number of nitrogens with zero attached hydrogens (tertiary/aromatic N) is 1. The monoisotopic (exact) mass is 323 g/mol. The minimum absolute atomic E-state index is 0.120. The lowest BCUT2D eigenvalue weighted by Gasteiger charge is -2.19. The molecule has 3 N–H and O–H groups in total. The maximum atomic E-state index is 11.5. The van der Waals surface area contributed by atoms with E-state index in [0.717, 1.165) is 0 Å². The minimum atomic E-state index is -0.996. The van der Waals surface area contributed by atoms with Gasteiger partial charge in [-0.25, -0.2) is 14.6 Å². The molecule has 1 rings (SSSR count). The lowest BCUT2D eigenvalue weighted by atomic mass is 10.1. The summed E-state index contributed by atoms with van der Waals surface area (Å²) in [6, 6.07) is 3.04. The van der Waals surface area contributed by atoms with Gasteiger partial charge >= 0.3 is 12.1 Å². The average molecular weight is 323 g/mol. The van der Waals surface area contributed by atoms with Crippen LogP contribution in [0.25, 0.3) is 0 Å². The summed E-state index contributed by atoms with van der Waals surface area (Å²) in [6.07, 6.45) is -0.491. The summed E-state index contributed by atoms with van der Waals surface area (Å²) in [7, 11) is 0. The van der Waals surface area contributed by atoms with Crippen molar-refractivity contribution >= 4 is 17.9 Å². The molecule has 7 nitrogen and oxygen atoms in total. The van der Waals surface area contributed by atoms with Crippen LogP contribution in [-0.4, -0.2) is 40.8 Å². The third kappa shape index (κ3) is 6.99. The number of rotatable bonds is 6. The molecule has 0 radical (unpaired) electrons. The molecule has 0 bridgehead atoms. The Bertz CT molecular complexity index is 565. The first-order valence-electron chi connectivity index (χ1n) is 7.54. The van der Waals surface area contributed by atoms with E-state index < -0.39 is 17.7 Å². The van der Waals surface area contributed by atoms with Crippen molar-refractivity contribution in [2.24, 2.45) is 0 Å². The average Bonchev–Trinajstić information content (AvgIpc) is 2.41. The highest BCUT2D eigenvalue weighted by Crippen LogP contribution is 2.17. The van der Waals surface area contributed by atoms with Gasteiger partial charge in [-0.15, -0.1) is 0 Å². The van der Waals surface area contributed by atoms with E-state index >= 15 is 0 Å². The van der Waals surface area contributed by atoms with Crippen LogP contribution in [-0.2, 0) is 4.74 Å². The van der Waals surface area contributed by atoms with Crippen molar-refractivity contribution in [1.29, 1.82) is 0 Å². The molecular weight excluding hydrogens is 298 g/mol. The van der Waals surface area contributed by atoms with Crippen molar-refractivity contribution < 1.29 is 19.4 Å². The van der Waals surface area contributed by atoms with Crippen molar-refractivity contribution in [2.75, 3.05) is 18.4 Å². The number of carboxylic acid groups (broad SMARTS) is 1. The zero-order chi connectivity index (χ0) is 17.6. The van der Waals surface area contributed by atoms with Gasteiger partial charge in [0.15, 0.2) is 0 Å². The topological polar surface area (TPSA) is 101 Å². The SMILES string of the molecule is CC(C)c1cc(C(=O)O)cc(NCCNC(=O)OC(C)(C)C)n1. The van der Waals surface area contributed by atoms with Crippen molar-refractivity contribution in [3.05, 3.63) is 23.4 Å². The van der Waals surface area contributed by atoms with Crippen LogP contribution in [0.4, 0.5) is 10.6 Å². The van der Waals surface area contributed by atoms with Gasteiger partial charge in [0, 0.05) is 18.8 Å². The highest BCUT2D eigenvalue weighted by Gasteiger charge is 2.15. The molecule has 23 heavy (non-hydrogen) atoms. The number of carbonyl (C=O) groups is 2. The first-order valence-corrected chi connectivity index (χ1v) is 7.54.